The summed E-state index contributed by atoms with van der Waals surface area (Å²) in [7, 11) is 0. The van der Waals surface area contributed by atoms with Gasteiger partial charge in [0.25, 0.3) is 5.56 Å². The van der Waals surface area contributed by atoms with Crippen molar-refractivity contribution in [3.05, 3.63) is 88.5 Å². The second-order valence-corrected chi connectivity index (χ2v) is 6.00. The molecule has 5 nitrogen and oxygen atoms in total. The molecule has 0 saturated carbocycles. The number of aromatic nitrogens is 4. The first kappa shape index (κ1) is 15.3. The third-order valence-electron chi connectivity index (χ3n) is 4.32. The Hall–Kier alpha value is -3.21. The van der Waals surface area contributed by atoms with Gasteiger partial charge in [0, 0.05) is 11.9 Å². The van der Waals surface area contributed by atoms with Gasteiger partial charge in [-0.25, -0.2) is 9.36 Å². The maximum atomic E-state index is 13.0. The van der Waals surface area contributed by atoms with E-state index in [1.807, 2.05) is 55.5 Å². The number of hydrogen-bond donors (Lipinski definition) is 0. The first-order valence-electron chi connectivity index (χ1n) is 8.29. The van der Waals surface area contributed by atoms with Crippen LogP contribution in [0, 0.1) is 6.92 Å². The van der Waals surface area contributed by atoms with Crippen LogP contribution in [0.15, 0.2) is 71.7 Å². The van der Waals surface area contributed by atoms with E-state index in [1.165, 1.54) is 5.56 Å². The van der Waals surface area contributed by atoms with Crippen LogP contribution >= 0.6 is 0 Å². The molecule has 4 aromatic rings. The molecule has 0 spiro atoms. The maximum Gasteiger partial charge on any atom is 0.293 e. The van der Waals surface area contributed by atoms with Gasteiger partial charge in [-0.05, 0) is 31.0 Å². The number of aryl methyl sites for hydroxylation is 3. The Morgan fingerprint density at radius 1 is 0.960 bits per heavy atom. The van der Waals surface area contributed by atoms with Crippen molar-refractivity contribution in [2.45, 2.75) is 19.9 Å². The molecule has 0 atom stereocenters. The number of rotatable bonds is 4. The van der Waals surface area contributed by atoms with E-state index in [2.05, 4.69) is 22.3 Å². The SMILES string of the molecule is Cc1nn(CCc2ccccc2)c(=O)c2c1cnn2-c1ccccc1. The number of benzene rings is 2. The molecule has 0 amide bonds. The molecule has 2 aromatic heterocycles. The molecular weight excluding hydrogens is 312 g/mol. The van der Waals surface area contributed by atoms with Crippen molar-refractivity contribution < 1.29 is 0 Å². The molecule has 0 unspecified atom stereocenters. The van der Waals surface area contributed by atoms with Crippen molar-refractivity contribution in [3.8, 4) is 5.69 Å². The summed E-state index contributed by atoms with van der Waals surface area (Å²) in [6, 6.07) is 19.8. The van der Waals surface area contributed by atoms with Crippen LogP contribution < -0.4 is 5.56 Å². The van der Waals surface area contributed by atoms with Crippen molar-refractivity contribution in [3.63, 3.8) is 0 Å². The lowest BCUT2D eigenvalue weighted by Gasteiger charge is -2.08. The van der Waals surface area contributed by atoms with Crippen molar-refractivity contribution >= 4 is 10.9 Å². The minimum Gasteiger partial charge on any atom is -0.265 e. The van der Waals surface area contributed by atoms with Crippen LogP contribution in [0.3, 0.4) is 0 Å². The topological polar surface area (TPSA) is 52.7 Å². The minimum absolute atomic E-state index is 0.113. The number of nitrogens with zero attached hydrogens (tertiary/aromatic N) is 4. The lowest BCUT2D eigenvalue weighted by atomic mass is 10.1. The van der Waals surface area contributed by atoms with E-state index in [1.54, 1.807) is 15.6 Å². The van der Waals surface area contributed by atoms with Crippen LogP contribution in [0.1, 0.15) is 11.3 Å². The maximum absolute atomic E-state index is 13.0. The van der Waals surface area contributed by atoms with Gasteiger partial charge in [0.05, 0.1) is 17.6 Å². The molecule has 0 radical (unpaired) electrons. The fourth-order valence-corrected chi connectivity index (χ4v) is 3.02. The summed E-state index contributed by atoms with van der Waals surface area (Å²) in [6.45, 7) is 2.46. The van der Waals surface area contributed by atoms with E-state index in [4.69, 9.17) is 0 Å². The monoisotopic (exact) mass is 330 g/mol. The van der Waals surface area contributed by atoms with Gasteiger partial charge < -0.3 is 0 Å². The van der Waals surface area contributed by atoms with Gasteiger partial charge in [-0.1, -0.05) is 48.5 Å². The van der Waals surface area contributed by atoms with Gasteiger partial charge in [0.2, 0.25) is 0 Å². The van der Waals surface area contributed by atoms with E-state index in [0.29, 0.717) is 12.1 Å². The predicted octanol–water partition coefficient (Wildman–Crippen LogP) is 3.13. The van der Waals surface area contributed by atoms with Gasteiger partial charge in [-0.15, -0.1) is 0 Å². The molecule has 0 aliphatic heterocycles. The molecule has 0 N–H and O–H groups in total. The summed E-state index contributed by atoms with van der Waals surface area (Å²) in [5.74, 6) is 0. The molecule has 0 aliphatic carbocycles. The predicted molar refractivity (Wildman–Crippen MR) is 98.0 cm³/mol. The third-order valence-corrected chi connectivity index (χ3v) is 4.32. The molecule has 0 saturated heterocycles. The Morgan fingerprint density at radius 2 is 1.64 bits per heavy atom. The molecule has 0 bridgehead atoms. The zero-order valence-electron chi connectivity index (χ0n) is 14.0. The number of para-hydroxylation sites is 1. The Bertz CT molecular complexity index is 1070. The molecule has 0 fully saturated rings. The van der Waals surface area contributed by atoms with Crippen molar-refractivity contribution in [1.29, 1.82) is 0 Å². The summed E-state index contributed by atoms with van der Waals surface area (Å²) in [5, 5.41) is 9.68. The number of fused-ring (bicyclic) bond motifs is 1. The molecular formula is C20H18N4O. The Kier molecular flexibility index (Phi) is 3.90. The number of hydrogen-bond acceptors (Lipinski definition) is 3. The first-order valence-corrected chi connectivity index (χ1v) is 8.29. The second-order valence-electron chi connectivity index (χ2n) is 6.00. The van der Waals surface area contributed by atoms with Crippen LogP contribution in [0.4, 0.5) is 0 Å². The minimum atomic E-state index is -0.113. The fraction of sp³-hybridized carbons (Fsp3) is 0.150. The van der Waals surface area contributed by atoms with Crippen molar-refractivity contribution in [2.24, 2.45) is 0 Å². The molecule has 5 heteroatoms. The Balaban J connectivity index is 1.79. The van der Waals surface area contributed by atoms with Gasteiger partial charge in [0.1, 0.15) is 5.52 Å². The highest BCUT2D eigenvalue weighted by molar-refractivity contribution is 5.81. The van der Waals surface area contributed by atoms with E-state index in [9.17, 15) is 4.79 Å². The fourth-order valence-electron chi connectivity index (χ4n) is 3.02. The van der Waals surface area contributed by atoms with Crippen LogP contribution in [-0.2, 0) is 13.0 Å². The lowest BCUT2D eigenvalue weighted by molar-refractivity contribution is 0.575. The van der Waals surface area contributed by atoms with E-state index >= 15 is 0 Å². The summed E-state index contributed by atoms with van der Waals surface area (Å²) >= 11 is 0. The highest BCUT2D eigenvalue weighted by Crippen LogP contribution is 2.17. The second kappa shape index (κ2) is 6.36. The van der Waals surface area contributed by atoms with Crippen LogP contribution in [-0.4, -0.2) is 19.6 Å². The molecule has 2 heterocycles. The van der Waals surface area contributed by atoms with Crippen molar-refractivity contribution in [1.82, 2.24) is 19.6 Å². The summed E-state index contributed by atoms with van der Waals surface area (Å²) in [5.41, 5.74) is 3.33. The normalized spacial score (nSPS) is 11.1. The van der Waals surface area contributed by atoms with E-state index in [0.717, 1.165) is 23.2 Å². The largest absolute Gasteiger partial charge is 0.293 e. The quantitative estimate of drug-likeness (QED) is 0.578. The van der Waals surface area contributed by atoms with Crippen LogP contribution in [0.2, 0.25) is 0 Å². The Labute approximate surface area is 145 Å². The summed E-state index contributed by atoms with van der Waals surface area (Å²) < 4.78 is 3.25. The van der Waals surface area contributed by atoms with Gasteiger partial charge >= 0.3 is 0 Å². The highest BCUT2D eigenvalue weighted by Gasteiger charge is 2.14. The molecule has 4 rings (SSSR count). The third kappa shape index (κ3) is 2.85. The summed E-state index contributed by atoms with van der Waals surface area (Å²) in [6.07, 6.45) is 2.48. The average Bonchev–Trinajstić information content (AvgIpc) is 3.11. The smallest absolute Gasteiger partial charge is 0.265 e. The summed E-state index contributed by atoms with van der Waals surface area (Å²) in [4.78, 5) is 13.0. The van der Waals surface area contributed by atoms with Crippen LogP contribution in [0.5, 0.6) is 0 Å². The Morgan fingerprint density at radius 3 is 2.36 bits per heavy atom. The molecule has 25 heavy (non-hydrogen) atoms. The van der Waals surface area contributed by atoms with Gasteiger partial charge in [0.15, 0.2) is 0 Å². The van der Waals surface area contributed by atoms with Crippen LogP contribution in [0.25, 0.3) is 16.6 Å². The zero-order valence-corrected chi connectivity index (χ0v) is 14.0. The molecule has 0 aliphatic rings. The highest BCUT2D eigenvalue weighted by atomic mass is 16.1. The van der Waals surface area contributed by atoms with Gasteiger partial charge in [-0.3, -0.25) is 4.79 Å². The average molecular weight is 330 g/mol. The molecule has 124 valence electrons. The zero-order chi connectivity index (χ0) is 17.2. The van der Waals surface area contributed by atoms with E-state index < -0.39 is 0 Å². The molecule has 2 aromatic carbocycles. The van der Waals surface area contributed by atoms with Crippen molar-refractivity contribution in [2.75, 3.05) is 0 Å². The standard InChI is InChI=1S/C20H18N4O/c1-15-18-14-21-24(17-10-6-3-7-11-17)19(18)20(25)23(22-15)13-12-16-8-4-2-5-9-16/h2-11,14H,12-13H2,1H3. The lowest BCUT2D eigenvalue weighted by Crippen LogP contribution is -2.26. The van der Waals surface area contributed by atoms with Gasteiger partial charge in [-0.2, -0.15) is 10.2 Å². The van der Waals surface area contributed by atoms with E-state index in [-0.39, 0.29) is 5.56 Å². The first-order chi connectivity index (χ1) is 12.2.